The van der Waals surface area contributed by atoms with Crippen LogP contribution in [0.4, 0.5) is 5.82 Å². The van der Waals surface area contributed by atoms with Crippen LogP contribution >= 0.6 is 0 Å². The van der Waals surface area contributed by atoms with E-state index in [1.54, 1.807) is 11.7 Å². The number of nitrogens with one attached hydrogen (secondary N) is 2. The number of anilines is 1. The fraction of sp³-hybridized carbons (Fsp3) is 0.522. The number of hydrogen-bond acceptors (Lipinski definition) is 5. The molecule has 0 spiro atoms. The fourth-order valence-corrected chi connectivity index (χ4v) is 3.38. The number of ether oxygens (including phenoxy) is 1. The Morgan fingerprint density at radius 1 is 1.26 bits per heavy atom. The molecule has 0 bridgehead atoms. The number of nitrogens with two attached hydrogens (primary N) is 1. The molecule has 1 heterocycles. The number of guanidine groups is 1. The van der Waals surface area contributed by atoms with Crippen LogP contribution < -0.4 is 16.4 Å². The monoisotopic (exact) mass is 425 g/mol. The summed E-state index contributed by atoms with van der Waals surface area (Å²) in [4.78, 5) is 4.27. The molecule has 1 unspecified atom stereocenters. The average Bonchev–Trinajstić information content (AvgIpc) is 3.10. The number of aliphatic imine (C=N–C) groups is 1. The number of benzene rings is 1. The fourth-order valence-electron chi connectivity index (χ4n) is 3.38. The lowest BCUT2D eigenvalue weighted by Gasteiger charge is -2.21. The van der Waals surface area contributed by atoms with Crippen molar-refractivity contribution in [3.8, 4) is 11.8 Å². The Balaban J connectivity index is 1.84. The Bertz CT molecular complexity index is 868. The molecule has 168 valence electrons. The van der Waals surface area contributed by atoms with E-state index in [0.717, 1.165) is 37.6 Å². The summed E-state index contributed by atoms with van der Waals surface area (Å²) in [6.45, 7) is 8.60. The van der Waals surface area contributed by atoms with Gasteiger partial charge in [0.1, 0.15) is 17.5 Å². The maximum atomic E-state index is 9.52. The number of aromatic nitrogens is 2. The van der Waals surface area contributed by atoms with E-state index in [0.29, 0.717) is 36.0 Å². The minimum atomic E-state index is 0.241. The molecule has 0 saturated carbocycles. The number of nitrogen functional groups attached to an aromatic ring is 1. The van der Waals surface area contributed by atoms with Crippen molar-refractivity contribution in [1.29, 1.82) is 5.26 Å². The highest BCUT2D eigenvalue weighted by Gasteiger charge is 2.16. The predicted octanol–water partition coefficient (Wildman–Crippen LogP) is 2.87. The highest BCUT2D eigenvalue weighted by atomic mass is 16.5. The molecule has 8 heteroatoms. The lowest BCUT2D eigenvalue weighted by atomic mass is 10.0. The largest absolute Gasteiger partial charge is 0.382 e. The standard InChI is InChI=1S/C23H35N7O/c1-5-31-21(17(2)3)13-15-28-23(26-4)27-14-9-12-20-19(16-24)22(25)30(29-20)18-10-7-6-8-11-18/h6-8,10-11,17,21H,5,9,12-15,25H2,1-4H3,(H2,26,27,28). The van der Waals surface area contributed by atoms with E-state index < -0.39 is 0 Å². The normalized spacial score (nSPS) is 12.6. The molecule has 1 atom stereocenters. The van der Waals surface area contributed by atoms with Crippen molar-refractivity contribution in [2.24, 2.45) is 10.9 Å². The van der Waals surface area contributed by atoms with Gasteiger partial charge in [-0.1, -0.05) is 32.0 Å². The summed E-state index contributed by atoms with van der Waals surface area (Å²) in [7, 11) is 1.76. The van der Waals surface area contributed by atoms with Crippen LogP contribution in [0.3, 0.4) is 0 Å². The molecule has 1 aromatic heterocycles. The number of nitriles is 1. The number of rotatable bonds is 11. The summed E-state index contributed by atoms with van der Waals surface area (Å²) >= 11 is 0. The lowest BCUT2D eigenvalue weighted by molar-refractivity contribution is 0.0258. The molecule has 0 saturated heterocycles. The molecule has 8 nitrogen and oxygen atoms in total. The topological polar surface area (TPSA) is 113 Å². The van der Waals surface area contributed by atoms with Gasteiger partial charge in [0, 0.05) is 26.7 Å². The third-order valence-electron chi connectivity index (χ3n) is 5.06. The third kappa shape index (κ3) is 7.00. The van der Waals surface area contributed by atoms with Crippen LogP contribution in [0.1, 0.15) is 44.9 Å². The first-order valence-corrected chi connectivity index (χ1v) is 10.9. The molecule has 1 aromatic carbocycles. The van der Waals surface area contributed by atoms with Crippen LogP contribution in [0.2, 0.25) is 0 Å². The van der Waals surface area contributed by atoms with Crippen molar-refractivity contribution in [3.05, 3.63) is 41.6 Å². The molecular formula is C23H35N7O. The SMILES string of the molecule is CCOC(CCNC(=NC)NCCCc1nn(-c2ccccc2)c(N)c1C#N)C(C)C. The Labute approximate surface area is 185 Å². The molecule has 31 heavy (non-hydrogen) atoms. The van der Waals surface area contributed by atoms with E-state index in [9.17, 15) is 5.26 Å². The van der Waals surface area contributed by atoms with Crippen LogP contribution in [0.15, 0.2) is 35.3 Å². The minimum Gasteiger partial charge on any atom is -0.382 e. The van der Waals surface area contributed by atoms with Crippen molar-refractivity contribution in [2.45, 2.75) is 46.1 Å². The molecule has 0 aliphatic rings. The van der Waals surface area contributed by atoms with Gasteiger partial charge in [-0.25, -0.2) is 4.68 Å². The van der Waals surface area contributed by atoms with E-state index in [2.05, 4.69) is 40.6 Å². The molecule has 4 N–H and O–H groups in total. The van der Waals surface area contributed by atoms with Crippen molar-refractivity contribution in [3.63, 3.8) is 0 Å². The van der Waals surface area contributed by atoms with Gasteiger partial charge in [-0.2, -0.15) is 10.4 Å². The van der Waals surface area contributed by atoms with E-state index in [4.69, 9.17) is 10.5 Å². The second-order valence-corrected chi connectivity index (χ2v) is 7.62. The van der Waals surface area contributed by atoms with Crippen molar-refractivity contribution in [2.75, 3.05) is 32.5 Å². The van der Waals surface area contributed by atoms with Gasteiger partial charge in [0.15, 0.2) is 5.96 Å². The molecule has 0 radical (unpaired) electrons. The Hall–Kier alpha value is -3.05. The van der Waals surface area contributed by atoms with E-state index in [1.807, 2.05) is 37.3 Å². The van der Waals surface area contributed by atoms with Crippen LogP contribution in [-0.4, -0.2) is 48.6 Å². The van der Waals surface area contributed by atoms with Crippen molar-refractivity contribution < 1.29 is 4.74 Å². The second kappa shape index (κ2) is 12.6. The zero-order valence-corrected chi connectivity index (χ0v) is 19.1. The van der Waals surface area contributed by atoms with Crippen LogP contribution in [0.25, 0.3) is 5.69 Å². The zero-order valence-electron chi connectivity index (χ0n) is 19.1. The van der Waals surface area contributed by atoms with E-state index >= 15 is 0 Å². The summed E-state index contributed by atoms with van der Waals surface area (Å²) in [5.74, 6) is 1.62. The molecule has 0 fully saturated rings. The zero-order chi connectivity index (χ0) is 22.6. The first-order chi connectivity index (χ1) is 15.0. The van der Waals surface area contributed by atoms with E-state index in [-0.39, 0.29) is 6.10 Å². The average molecular weight is 426 g/mol. The van der Waals surface area contributed by atoms with Gasteiger partial charge in [0.25, 0.3) is 0 Å². The summed E-state index contributed by atoms with van der Waals surface area (Å²) in [6, 6.07) is 11.8. The smallest absolute Gasteiger partial charge is 0.190 e. The highest BCUT2D eigenvalue weighted by Crippen LogP contribution is 2.21. The predicted molar refractivity (Wildman–Crippen MR) is 125 cm³/mol. The molecule has 2 aromatic rings. The Morgan fingerprint density at radius 3 is 2.58 bits per heavy atom. The van der Waals surface area contributed by atoms with Crippen LogP contribution in [-0.2, 0) is 11.2 Å². The molecular weight excluding hydrogens is 390 g/mol. The van der Waals surface area contributed by atoms with Crippen molar-refractivity contribution >= 4 is 11.8 Å². The van der Waals surface area contributed by atoms with Gasteiger partial charge >= 0.3 is 0 Å². The van der Waals surface area contributed by atoms with Gasteiger partial charge < -0.3 is 21.1 Å². The summed E-state index contributed by atoms with van der Waals surface area (Å²) in [5, 5.41) is 20.7. The summed E-state index contributed by atoms with van der Waals surface area (Å²) in [6.07, 6.45) is 2.61. The maximum absolute atomic E-state index is 9.52. The van der Waals surface area contributed by atoms with Gasteiger partial charge in [-0.15, -0.1) is 0 Å². The minimum absolute atomic E-state index is 0.241. The summed E-state index contributed by atoms with van der Waals surface area (Å²) in [5.41, 5.74) is 8.17. The summed E-state index contributed by atoms with van der Waals surface area (Å²) < 4.78 is 7.42. The van der Waals surface area contributed by atoms with Crippen LogP contribution in [0, 0.1) is 17.2 Å². The van der Waals surface area contributed by atoms with Crippen molar-refractivity contribution in [1.82, 2.24) is 20.4 Å². The van der Waals surface area contributed by atoms with Gasteiger partial charge in [-0.05, 0) is 44.2 Å². The van der Waals surface area contributed by atoms with Gasteiger partial charge in [0.05, 0.1) is 17.5 Å². The first-order valence-electron chi connectivity index (χ1n) is 10.9. The van der Waals surface area contributed by atoms with E-state index in [1.165, 1.54) is 0 Å². The number of para-hydroxylation sites is 1. The molecule has 0 aliphatic carbocycles. The third-order valence-corrected chi connectivity index (χ3v) is 5.06. The lowest BCUT2D eigenvalue weighted by Crippen LogP contribution is -2.39. The quantitative estimate of drug-likeness (QED) is 0.290. The van der Waals surface area contributed by atoms with Gasteiger partial charge in [-0.3, -0.25) is 4.99 Å². The molecule has 2 rings (SSSR count). The Morgan fingerprint density at radius 2 is 1.97 bits per heavy atom. The Kier molecular flexibility index (Phi) is 9.85. The highest BCUT2D eigenvalue weighted by molar-refractivity contribution is 5.79. The maximum Gasteiger partial charge on any atom is 0.190 e. The van der Waals surface area contributed by atoms with Gasteiger partial charge in [0.2, 0.25) is 0 Å². The number of nitrogens with zero attached hydrogens (tertiary/aromatic N) is 4. The number of hydrogen-bond donors (Lipinski definition) is 3. The second-order valence-electron chi connectivity index (χ2n) is 7.62. The molecule has 0 amide bonds. The first kappa shape index (κ1) is 24.2. The number of aryl methyl sites for hydroxylation is 1. The van der Waals surface area contributed by atoms with Crippen LogP contribution in [0.5, 0.6) is 0 Å². The molecule has 0 aliphatic heterocycles.